The summed E-state index contributed by atoms with van der Waals surface area (Å²) in [5, 5.41) is 3.57. The fourth-order valence-electron chi connectivity index (χ4n) is 2.50. The van der Waals surface area contributed by atoms with Gasteiger partial charge in [0.25, 0.3) is 0 Å². The van der Waals surface area contributed by atoms with Gasteiger partial charge in [0, 0.05) is 18.2 Å². The molecule has 1 atom stereocenters. The first-order valence-corrected chi connectivity index (χ1v) is 6.84. The minimum atomic E-state index is 0.304. The predicted octanol–water partition coefficient (Wildman–Crippen LogP) is 4.36. The maximum Gasteiger partial charge on any atom is 0.105 e. The van der Waals surface area contributed by atoms with E-state index in [0.717, 1.165) is 18.1 Å². The Kier molecular flexibility index (Phi) is 4.11. The van der Waals surface area contributed by atoms with Gasteiger partial charge in [0.05, 0.1) is 0 Å². The van der Waals surface area contributed by atoms with E-state index in [-0.39, 0.29) is 0 Å². The van der Waals surface area contributed by atoms with E-state index in [1.54, 1.807) is 0 Å². The van der Waals surface area contributed by atoms with Gasteiger partial charge in [-0.25, -0.2) is 0 Å². The largest absolute Gasteiger partial charge is 0.466 e. The van der Waals surface area contributed by atoms with Crippen LogP contribution in [0.2, 0.25) is 0 Å². The predicted molar refractivity (Wildman–Crippen MR) is 79.4 cm³/mol. The lowest BCUT2D eigenvalue weighted by atomic mass is 10.0. The summed E-state index contributed by atoms with van der Waals surface area (Å²) in [7, 11) is 0. The quantitative estimate of drug-likeness (QED) is 0.880. The Morgan fingerprint density at radius 2 is 1.84 bits per heavy atom. The molecule has 1 aromatic carbocycles. The van der Waals surface area contributed by atoms with E-state index in [2.05, 4.69) is 50.4 Å². The Morgan fingerprint density at radius 3 is 2.42 bits per heavy atom. The molecular formula is C17H23NO. The molecule has 0 aliphatic rings. The first-order valence-electron chi connectivity index (χ1n) is 6.84. The van der Waals surface area contributed by atoms with Crippen LogP contribution < -0.4 is 5.32 Å². The summed E-state index contributed by atoms with van der Waals surface area (Å²) in [6.45, 7) is 11.4. The minimum absolute atomic E-state index is 0.304. The van der Waals surface area contributed by atoms with Crippen LogP contribution in [0.1, 0.15) is 46.7 Å². The van der Waals surface area contributed by atoms with Crippen molar-refractivity contribution in [1.82, 2.24) is 5.32 Å². The second-order valence-corrected chi connectivity index (χ2v) is 5.40. The fourth-order valence-corrected chi connectivity index (χ4v) is 2.50. The van der Waals surface area contributed by atoms with Gasteiger partial charge < -0.3 is 9.73 Å². The zero-order valence-electron chi connectivity index (χ0n) is 12.5. The van der Waals surface area contributed by atoms with Gasteiger partial charge in [0.2, 0.25) is 0 Å². The maximum atomic E-state index is 5.59. The minimum Gasteiger partial charge on any atom is -0.466 e. The lowest BCUT2D eigenvalue weighted by molar-refractivity contribution is 0.489. The van der Waals surface area contributed by atoms with E-state index in [9.17, 15) is 0 Å². The van der Waals surface area contributed by atoms with Gasteiger partial charge in [-0.1, -0.05) is 23.8 Å². The molecule has 1 unspecified atom stereocenters. The van der Waals surface area contributed by atoms with Crippen molar-refractivity contribution in [2.24, 2.45) is 0 Å². The second-order valence-electron chi connectivity index (χ2n) is 5.40. The van der Waals surface area contributed by atoms with Gasteiger partial charge in [0.1, 0.15) is 11.5 Å². The van der Waals surface area contributed by atoms with Crippen molar-refractivity contribution in [3.63, 3.8) is 0 Å². The molecule has 0 bridgehead atoms. The smallest absolute Gasteiger partial charge is 0.105 e. The summed E-state index contributed by atoms with van der Waals surface area (Å²) in [6, 6.07) is 9.03. The number of rotatable bonds is 4. The van der Waals surface area contributed by atoms with E-state index in [1.807, 2.05) is 13.8 Å². The molecule has 0 aliphatic carbocycles. The van der Waals surface area contributed by atoms with Crippen LogP contribution in [0.3, 0.4) is 0 Å². The van der Waals surface area contributed by atoms with Crippen molar-refractivity contribution in [3.05, 3.63) is 58.0 Å². The molecule has 102 valence electrons. The number of aryl methyl sites for hydroxylation is 4. The van der Waals surface area contributed by atoms with Crippen LogP contribution >= 0.6 is 0 Å². The Morgan fingerprint density at radius 1 is 1.11 bits per heavy atom. The molecule has 0 fully saturated rings. The van der Waals surface area contributed by atoms with E-state index >= 15 is 0 Å². The van der Waals surface area contributed by atoms with Crippen LogP contribution in [0, 0.1) is 27.7 Å². The monoisotopic (exact) mass is 257 g/mol. The van der Waals surface area contributed by atoms with Crippen LogP contribution in [0.25, 0.3) is 0 Å². The molecule has 19 heavy (non-hydrogen) atoms. The van der Waals surface area contributed by atoms with Gasteiger partial charge >= 0.3 is 0 Å². The first kappa shape index (κ1) is 13.9. The normalized spacial score (nSPS) is 12.7. The average Bonchev–Trinajstić information content (AvgIpc) is 2.67. The number of furan rings is 1. The van der Waals surface area contributed by atoms with Crippen LogP contribution in [-0.2, 0) is 6.54 Å². The van der Waals surface area contributed by atoms with Crippen molar-refractivity contribution in [2.75, 3.05) is 0 Å². The van der Waals surface area contributed by atoms with Crippen molar-refractivity contribution >= 4 is 0 Å². The molecule has 0 aliphatic heterocycles. The Bertz CT molecular complexity index is 569. The highest BCUT2D eigenvalue weighted by Gasteiger charge is 2.12. The summed E-state index contributed by atoms with van der Waals surface area (Å²) >= 11 is 0. The molecule has 1 heterocycles. The molecule has 0 saturated carbocycles. The molecule has 1 N–H and O–H groups in total. The molecule has 2 heteroatoms. The third-order valence-corrected chi connectivity index (χ3v) is 3.64. The lowest BCUT2D eigenvalue weighted by Crippen LogP contribution is -2.18. The molecule has 1 aromatic heterocycles. The van der Waals surface area contributed by atoms with E-state index in [1.165, 1.54) is 22.3 Å². The van der Waals surface area contributed by atoms with Crippen LogP contribution in [0.15, 0.2) is 28.7 Å². The van der Waals surface area contributed by atoms with Crippen molar-refractivity contribution in [1.29, 1.82) is 0 Å². The topological polar surface area (TPSA) is 25.2 Å². The van der Waals surface area contributed by atoms with Gasteiger partial charge in [-0.3, -0.25) is 0 Å². The number of hydrogen-bond acceptors (Lipinski definition) is 2. The zero-order chi connectivity index (χ0) is 14.0. The third kappa shape index (κ3) is 3.27. The number of benzene rings is 1. The summed E-state index contributed by atoms with van der Waals surface area (Å²) in [5.41, 5.74) is 5.27. The van der Waals surface area contributed by atoms with Crippen molar-refractivity contribution in [3.8, 4) is 0 Å². The summed E-state index contributed by atoms with van der Waals surface area (Å²) in [5.74, 6) is 1.99. The van der Waals surface area contributed by atoms with Gasteiger partial charge in [-0.05, 0) is 51.8 Å². The Labute approximate surface area is 115 Å². The van der Waals surface area contributed by atoms with Gasteiger partial charge in [-0.2, -0.15) is 0 Å². The van der Waals surface area contributed by atoms with Crippen LogP contribution in [0.4, 0.5) is 0 Å². The van der Waals surface area contributed by atoms with Crippen LogP contribution in [-0.4, -0.2) is 0 Å². The first-order chi connectivity index (χ1) is 8.97. The number of hydrogen-bond donors (Lipinski definition) is 1. The highest BCUT2D eigenvalue weighted by atomic mass is 16.3. The SMILES string of the molecule is Cc1ccc(CNC(C)c2cc(C)oc2C)c(C)c1. The molecule has 2 rings (SSSR count). The van der Waals surface area contributed by atoms with Gasteiger partial charge in [-0.15, -0.1) is 0 Å². The highest BCUT2D eigenvalue weighted by Crippen LogP contribution is 2.22. The Balaban J connectivity index is 2.04. The van der Waals surface area contributed by atoms with Gasteiger partial charge in [0.15, 0.2) is 0 Å². The van der Waals surface area contributed by atoms with E-state index in [4.69, 9.17) is 4.42 Å². The lowest BCUT2D eigenvalue weighted by Gasteiger charge is -2.14. The zero-order valence-corrected chi connectivity index (χ0v) is 12.5. The second kappa shape index (κ2) is 5.62. The molecule has 0 spiro atoms. The van der Waals surface area contributed by atoms with Crippen LogP contribution in [0.5, 0.6) is 0 Å². The molecule has 2 aromatic rings. The van der Waals surface area contributed by atoms with Crippen molar-refractivity contribution in [2.45, 2.75) is 47.2 Å². The number of nitrogens with one attached hydrogen (secondary N) is 1. The maximum absolute atomic E-state index is 5.59. The summed E-state index contributed by atoms with van der Waals surface area (Å²) < 4.78 is 5.59. The standard InChI is InChI=1S/C17H23NO/c1-11-6-7-16(12(2)8-11)10-18-14(4)17-9-13(3)19-15(17)5/h6-9,14,18H,10H2,1-5H3. The summed E-state index contributed by atoms with van der Waals surface area (Å²) in [6.07, 6.45) is 0. The molecular weight excluding hydrogens is 234 g/mol. The molecule has 0 saturated heterocycles. The molecule has 2 nitrogen and oxygen atoms in total. The molecule has 0 amide bonds. The highest BCUT2D eigenvalue weighted by molar-refractivity contribution is 5.30. The average molecular weight is 257 g/mol. The van der Waals surface area contributed by atoms with Crippen molar-refractivity contribution < 1.29 is 4.42 Å². The molecule has 0 radical (unpaired) electrons. The fraction of sp³-hybridized carbons (Fsp3) is 0.412. The van der Waals surface area contributed by atoms with E-state index < -0.39 is 0 Å². The Hall–Kier alpha value is -1.54. The van der Waals surface area contributed by atoms with E-state index in [0.29, 0.717) is 6.04 Å². The summed E-state index contributed by atoms with van der Waals surface area (Å²) in [4.78, 5) is 0. The third-order valence-electron chi connectivity index (χ3n) is 3.64.